The van der Waals surface area contributed by atoms with Crippen LogP contribution in [0, 0.1) is 0 Å². The zero-order valence-electron chi connectivity index (χ0n) is 10.8. The fourth-order valence-corrected chi connectivity index (χ4v) is 0. The highest BCUT2D eigenvalue weighted by atomic mass is 16.6. The van der Waals surface area contributed by atoms with Crippen LogP contribution in [-0.4, -0.2) is 98.2 Å². The van der Waals surface area contributed by atoms with Crippen LogP contribution in [0.4, 0.5) is 28.8 Å². The minimum absolute atomic E-state index is 1.83. The van der Waals surface area contributed by atoms with Crippen molar-refractivity contribution in [2.75, 3.05) is 0 Å². The molecule has 0 aliphatic rings. The summed E-state index contributed by atoms with van der Waals surface area (Å²) in [4.78, 5) is 51.3. The van der Waals surface area contributed by atoms with E-state index in [-0.39, 0.29) is 0 Å². The van der Waals surface area contributed by atoms with E-state index in [1.807, 2.05) is 0 Å². The van der Waals surface area contributed by atoms with Gasteiger partial charge in [0.1, 0.15) is 0 Å². The van der Waals surface area contributed by atoms with Crippen molar-refractivity contribution in [1.82, 2.24) is 0 Å². The van der Waals surface area contributed by atoms with Crippen molar-refractivity contribution in [3.8, 4) is 0 Å². The third-order valence-electron chi connectivity index (χ3n) is 0. The molecule has 0 heterocycles. The molecular formula is C6H12O18. The highest BCUT2D eigenvalue weighted by Gasteiger charge is 1.71. The first-order chi connectivity index (χ1) is 10.4. The van der Waals surface area contributed by atoms with E-state index in [9.17, 15) is 0 Å². The molecule has 18 nitrogen and oxygen atoms in total. The molecule has 0 fully saturated rings. The molecule has 0 atom stereocenters. The molecule has 0 radical (unpaired) electrons. The maximum atomic E-state index is 8.56. The molecule has 24 heavy (non-hydrogen) atoms. The van der Waals surface area contributed by atoms with E-state index in [1.54, 1.807) is 0 Å². The normalized spacial score (nSPS) is 6.00. The van der Waals surface area contributed by atoms with Crippen LogP contribution in [0.1, 0.15) is 0 Å². The van der Waals surface area contributed by atoms with Gasteiger partial charge in [0, 0.05) is 0 Å². The van der Waals surface area contributed by atoms with Crippen molar-refractivity contribution in [1.29, 1.82) is 0 Å². The van der Waals surface area contributed by atoms with Crippen molar-refractivity contribution in [3.05, 3.63) is 0 Å². The molecule has 18 heteroatoms. The minimum atomic E-state index is -1.83. The Labute approximate surface area is 128 Å². The Balaban J connectivity index is -0.0000000405. The fourth-order valence-electron chi connectivity index (χ4n) is 0. The SMILES string of the molecule is O=C(O)O.O=C(O)O.O=C(O)O.O=C(O)O.O=C(O)O.O=C(O)O. The Hall–Kier alpha value is -4.38. The Morgan fingerprint density at radius 1 is 0.250 bits per heavy atom. The van der Waals surface area contributed by atoms with Gasteiger partial charge in [0.15, 0.2) is 0 Å². The van der Waals surface area contributed by atoms with E-state index in [1.165, 1.54) is 0 Å². The van der Waals surface area contributed by atoms with Gasteiger partial charge >= 0.3 is 36.9 Å². The van der Waals surface area contributed by atoms with Gasteiger partial charge in [0.05, 0.1) is 0 Å². The summed E-state index contributed by atoms with van der Waals surface area (Å²) in [6.45, 7) is 0. The average molecular weight is 372 g/mol. The first kappa shape index (κ1) is 36.7. The second-order valence-corrected chi connectivity index (χ2v) is 1.70. The van der Waals surface area contributed by atoms with E-state index in [0.717, 1.165) is 0 Å². The van der Waals surface area contributed by atoms with Crippen LogP contribution in [0.2, 0.25) is 0 Å². The predicted molar refractivity (Wildman–Crippen MR) is 63.9 cm³/mol. The lowest BCUT2D eigenvalue weighted by molar-refractivity contribution is 0.135. The molecule has 0 saturated heterocycles. The molecule has 144 valence electrons. The molecule has 0 amide bonds. The number of rotatable bonds is 0. The summed E-state index contributed by atoms with van der Waals surface area (Å²) in [6.07, 6.45) is -11.0. The maximum absolute atomic E-state index is 8.56. The van der Waals surface area contributed by atoms with Gasteiger partial charge in [-0.1, -0.05) is 0 Å². The molecule has 0 unspecified atom stereocenters. The van der Waals surface area contributed by atoms with Gasteiger partial charge in [-0.2, -0.15) is 0 Å². The lowest BCUT2D eigenvalue weighted by Crippen LogP contribution is -1.81. The van der Waals surface area contributed by atoms with E-state index in [0.29, 0.717) is 0 Å². The molecule has 0 aliphatic carbocycles. The van der Waals surface area contributed by atoms with Crippen molar-refractivity contribution in [3.63, 3.8) is 0 Å². The predicted octanol–water partition coefficient (Wildman–Crippen LogP) is 1.33. The second kappa shape index (κ2) is 31.2. The number of carbonyl (C=O) groups is 6. The van der Waals surface area contributed by atoms with Gasteiger partial charge in [-0.05, 0) is 0 Å². The summed E-state index contributed by atoms with van der Waals surface area (Å²) in [5, 5.41) is 83.7. The van der Waals surface area contributed by atoms with Crippen LogP contribution in [0.15, 0.2) is 0 Å². The van der Waals surface area contributed by atoms with Gasteiger partial charge in [-0.15, -0.1) is 0 Å². The first-order valence-electron chi connectivity index (χ1n) is 3.91. The largest absolute Gasteiger partial charge is 0.503 e. The van der Waals surface area contributed by atoms with Crippen LogP contribution in [0.25, 0.3) is 0 Å². The van der Waals surface area contributed by atoms with Crippen LogP contribution in [0.5, 0.6) is 0 Å². The van der Waals surface area contributed by atoms with Crippen molar-refractivity contribution in [2.45, 2.75) is 0 Å². The Morgan fingerprint density at radius 2 is 0.250 bits per heavy atom. The van der Waals surface area contributed by atoms with E-state index < -0.39 is 36.9 Å². The molecular weight excluding hydrogens is 360 g/mol. The highest BCUT2D eigenvalue weighted by molar-refractivity contribution is 5.54. The topological polar surface area (TPSA) is 345 Å². The van der Waals surface area contributed by atoms with Crippen molar-refractivity contribution in [2.24, 2.45) is 0 Å². The maximum Gasteiger partial charge on any atom is 0.503 e. The molecule has 12 N–H and O–H groups in total. The van der Waals surface area contributed by atoms with E-state index >= 15 is 0 Å². The van der Waals surface area contributed by atoms with E-state index in [4.69, 9.17) is 90.0 Å². The first-order valence-corrected chi connectivity index (χ1v) is 3.91. The molecule has 0 aromatic heterocycles. The van der Waals surface area contributed by atoms with E-state index in [2.05, 4.69) is 0 Å². The van der Waals surface area contributed by atoms with Crippen molar-refractivity contribution < 1.29 is 90.0 Å². The van der Waals surface area contributed by atoms with Crippen LogP contribution in [0.3, 0.4) is 0 Å². The lowest BCUT2D eigenvalue weighted by Gasteiger charge is -1.60. The van der Waals surface area contributed by atoms with Crippen LogP contribution >= 0.6 is 0 Å². The average Bonchev–Trinajstić information content (AvgIpc) is 2.08. The zero-order valence-corrected chi connectivity index (χ0v) is 10.8. The number of hydrogen-bond donors (Lipinski definition) is 12. The third-order valence-corrected chi connectivity index (χ3v) is 0. The quantitative estimate of drug-likeness (QED) is 0.285. The fraction of sp³-hybridized carbons (Fsp3) is 0. The number of carboxylic acid groups (broad SMARTS) is 12. The third kappa shape index (κ3) is 254. The van der Waals surface area contributed by atoms with Crippen molar-refractivity contribution >= 4 is 36.9 Å². The van der Waals surface area contributed by atoms with Gasteiger partial charge < -0.3 is 61.3 Å². The monoisotopic (exact) mass is 372 g/mol. The minimum Gasteiger partial charge on any atom is -0.450 e. The standard InChI is InChI=1S/6CH2O3/c6*2-1(3)4/h6*(H2,2,3,4). The van der Waals surface area contributed by atoms with Crippen LogP contribution < -0.4 is 0 Å². The highest BCUT2D eigenvalue weighted by Crippen LogP contribution is 1.44. The summed E-state index contributed by atoms with van der Waals surface area (Å²) in [5.41, 5.74) is 0. The second-order valence-electron chi connectivity index (χ2n) is 1.70. The molecule has 0 saturated carbocycles. The molecule has 0 aromatic carbocycles. The zero-order chi connectivity index (χ0) is 21.5. The summed E-state index contributed by atoms with van der Waals surface area (Å²) in [7, 11) is 0. The summed E-state index contributed by atoms with van der Waals surface area (Å²) >= 11 is 0. The van der Waals surface area contributed by atoms with Gasteiger partial charge in [0.2, 0.25) is 0 Å². The molecule has 0 rings (SSSR count). The van der Waals surface area contributed by atoms with Gasteiger partial charge in [0.25, 0.3) is 0 Å². The molecule has 0 spiro atoms. The van der Waals surface area contributed by atoms with Gasteiger partial charge in [-0.3, -0.25) is 0 Å². The Bertz CT molecular complexity index is 251. The van der Waals surface area contributed by atoms with Gasteiger partial charge in [-0.25, -0.2) is 28.8 Å². The lowest BCUT2D eigenvalue weighted by atomic mass is 11.5. The Kier molecular flexibility index (Phi) is 47.6. The summed E-state index contributed by atoms with van der Waals surface area (Å²) in [5.74, 6) is 0. The number of hydrogen-bond acceptors (Lipinski definition) is 6. The molecule has 0 bridgehead atoms. The smallest absolute Gasteiger partial charge is 0.450 e. The summed E-state index contributed by atoms with van der Waals surface area (Å²) in [6, 6.07) is 0. The summed E-state index contributed by atoms with van der Waals surface area (Å²) < 4.78 is 0. The molecule has 0 aromatic rings. The van der Waals surface area contributed by atoms with Crippen LogP contribution in [-0.2, 0) is 0 Å². The molecule has 0 aliphatic heterocycles. The Morgan fingerprint density at radius 3 is 0.250 bits per heavy atom.